The predicted molar refractivity (Wildman–Crippen MR) is 74.6 cm³/mol. The van der Waals surface area contributed by atoms with Crippen LogP contribution in [0.5, 0.6) is 0 Å². The molecule has 3 rings (SSSR count). The van der Waals surface area contributed by atoms with Crippen molar-refractivity contribution in [2.45, 2.75) is 12.5 Å². The first-order valence-electron chi connectivity index (χ1n) is 6.70. The van der Waals surface area contributed by atoms with Crippen LogP contribution in [0.2, 0.25) is 0 Å². The third-order valence-electron chi connectivity index (χ3n) is 3.91. The molecule has 1 aliphatic heterocycles. The Balaban J connectivity index is 2.10. The van der Waals surface area contributed by atoms with Crippen molar-refractivity contribution in [3.8, 4) is 0 Å². The number of H-pyrrole nitrogens is 1. The van der Waals surface area contributed by atoms with Gasteiger partial charge >= 0.3 is 11.7 Å². The molecule has 2 heterocycles. The third kappa shape index (κ3) is 2.02. The highest BCUT2D eigenvalue weighted by molar-refractivity contribution is 5.77. The molecule has 6 heteroatoms. The van der Waals surface area contributed by atoms with E-state index in [2.05, 4.69) is 10.3 Å². The van der Waals surface area contributed by atoms with Crippen LogP contribution < -0.4 is 11.0 Å². The second-order valence-corrected chi connectivity index (χ2v) is 5.01. The number of para-hydroxylation sites is 2. The fraction of sp³-hybridized carbons (Fsp3) is 0.429. The molecule has 1 aromatic carbocycles. The quantitative estimate of drug-likeness (QED) is 0.789. The summed E-state index contributed by atoms with van der Waals surface area (Å²) >= 11 is 0. The highest BCUT2D eigenvalue weighted by atomic mass is 16.5. The van der Waals surface area contributed by atoms with Gasteiger partial charge in [0.25, 0.3) is 0 Å². The van der Waals surface area contributed by atoms with Crippen LogP contribution in [0.3, 0.4) is 0 Å². The predicted octanol–water partition coefficient (Wildman–Crippen LogP) is 0.653. The van der Waals surface area contributed by atoms with Gasteiger partial charge in [-0.3, -0.25) is 9.36 Å². The number of carbonyl (C=O) groups is 1. The Kier molecular flexibility index (Phi) is 3.31. The second-order valence-electron chi connectivity index (χ2n) is 5.01. The number of carbonyl (C=O) groups excluding carboxylic acids is 1. The number of nitrogens with one attached hydrogen (secondary N) is 2. The van der Waals surface area contributed by atoms with Crippen molar-refractivity contribution in [3.05, 3.63) is 34.7 Å². The van der Waals surface area contributed by atoms with Gasteiger partial charge in [-0.25, -0.2) is 4.79 Å². The van der Waals surface area contributed by atoms with Crippen LogP contribution in [0.4, 0.5) is 0 Å². The summed E-state index contributed by atoms with van der Waals surface area (Å²) < 4.78 is 6.56. The van der Waals surface area contributed by atoms with Gasteiger partial charge in [0.1, 0.15) is 0 Å². The van der Waals surface area contributed by atoms with E-state index in [4.69, 9.17) is 4.74 Å². The van der Waals surface area contributed by atoms with E-state index in [1.165, 1.54) is 7.11 Å². The molecular weight excluding hydrogens is 258 g/mol. The number of aromatic nitrogens is 2. The number of rotatable bonds is 2. The average molecular weight is 275 g/mol. The zero-order chi connectivity index (χ0) is 14.1. The Bertz CT molecular complexity index is 688. The van der Waals surface area contributed by atoms with E-state index < -0.39 is 0 Å². The lowest BCUT2D eigenvalue weighted by atomic mass is 9.93. The molecule has 1 saturated heterocycles. The molecule has 0 bridgehead atoms. The monoisotopic (exact) mass is 275 g/mol. The smallest absolute Gasteiger partial charge is 0.326 e. The highest BCUT2D eigenvalue weighted by Gasteiger charge is 2.34. The fourth-order valence-corrected chi connectivity index (χ4v) is 2.95. The molecule has 2 N–H and O–H groups in total. The molecule has 0 amide bonds. The van der Waals surface area contributed by atoms with Crippen LogP contribution in [0, 0.1) is 5.92 Å². The van der Waals surface area contributed by atoms with Crippen LogP contribution in [0.25, 0.3) is 11.0 Å². The Morgan fingerprint density at radius 3 is 3.00 bits per heavy atom. The van der Waals surface area contributed by atoms with Crippen molar-refractivity contribution in [3.63, 3.8) is 0 Å². The molecule has 20 heavy (non-hydrogen) atoms. The van der Waals surface area contributed by atoms with Gasteiger partial charge in [-0.2, -0.15) is 0 Å². The number of esters is 1. The van der Waals surface area contributed by atoms with Crippen LogP contribution >= 0.6 is 0 Å². The molecule has 106 valence electrons. The molecule has 0 spiro atoms. The number of hydrogen-bond acceptors (Lipinski definition) is 4. The molecule has 1 aliphatic rings. The average Bonchev–Trinajstić information content (AvgIpc) is 2.82. The standard InChI is InChI=1S/C14H17N3O3/c1-20-13(18)9-8-15-7-6-11(9)17-12-5-3-2-4-10(12)16-14(17)19/h2-5,9,11,15H,6-8H2,1H3,(H,16,19)/t9-,11-/m1/s1. The van der Waals surface area contributed by atoms with Crippen molar-refractivity contribution in [1.82, 2.24) is 14.9 Å². The van der Waals surface area contributed by atoms with Gasteiger partial charge in [-0.05, 0) is 25.1 Å². The summed E-state index contributed by atoms with van der Waals surface area (Å²) in [6.07, 6.45) is 0.724. The van der Waals surface area contributed by atoms with Crippen LogP contribution in [0.1, 0.15) is 12.5 Å². The minimum absolute atomic E-state index is 0.174. The molecule has 0 aliphatic carbocycles. The number of fused-ring (bicyclic) bond motifs is 1. The summed E-state index contributed by atoms with van der Waals surface area (Å²) in [7, 11) is 1.38. The lowest BCUT2D eigenvalue weighted by molar-refractivity contribution is -0.147. The molecular formula is C14H17N3O3. The molecule has 1 fully saturated rings. The van der Waals surface area contributed by atoms with Gasteiger partial charge in [0.2, 0.25) is 0 Å². The SMILES string of the molecule is COC(=O)[C@@H]1CNCC[C@H]1n1c(=O)[nH]c2ccccc21. The number of benzene rings is 1. The van der Waals surface area contributed by atoms with Gasteiger partial charge in [-0.1, -0.05) is 12.1 Å². The lowest BCUT2D eigenvalue weighted by Crippen LogP contribution is -2.44. The fourth-order valence-electron chi connectivity index (χ4n) is 2.95. The second kappa shape index (κ2) is 5.13. The number of nitrogens with zero attached hydrogens (tertiary/aromatic N) is 1. The highest BCUT2D eigenvalue weighted by Crippen LogP contribution is 2.27. The largest absolute Gasteiger partial charge is 0.469 e. The molecule has 6 nitrogen and oxygen atoms in total. The number of methoxy groups -OCH3 is 1. The maximum Gasteiger partial charge on any atom is 0.326 e. The van der Waals surface area contributed by atoms with E-state index >= 15 is 0 Å². The lowest BCUT2D eigenvalue weighted by Gasteiger charge is -2.31. The first-order valence-corrected chi connectivity index (χ1v) is 6.70. The van der Waals surface area contributed by atoms with E-state index in [0.717, 1.165) is 24.0 Å². The summed E-state index contributed by atoms with van der Waals surface area (Å²) in [6.45, 7) is 1.31. The Hall–Kier alpha value is -2.08. The van der Waals surface area contributed by atoms with Crippen molar-refractivity contribution in [2.75, 3.05) is 20.2 Å². The van der Waals surface area contributed by atoms with Crippen molar-refractivity contribution >= 4 is 17.0 Å². The summed E-state index contributed by atoms with van der Waals surface area (Å²) in [5.41, 5.74) is 1.45. The summed E-state index contributed by atoms with van der Waals surface area (Å²) in [4.78, 5) is 27.0. The van der Waals surface area contributed by atoms with Gasteiger partial charge in [0.05, 0.1) is 30.1 Å². The number of hydrogen-bond donors (Lipinski definition) is 2. The maximum absolute atomic E-state index is 12.2. The van der Waals surface area contributed by atoms with Crippen LogP contribution in [-0.2, 0) is 9.53 Å². The van der Waals surface area contributed by atoms with Gasteiger partial charge in [0.15, 0.2) is 0 Å². The molecule has 2 aromatic rings. The van der Waals surface area contributed by atoms with E-state index in [9.17, 15) is 9.59 Å². The van der Waals surface area contributed by atoms with Crippen LogP contribution in [-0.4, -0.2) is 35.7 Å². The Morgan fingerprint density at radius 1 is 1.40 bits per heavy atom. The molecule has 1 aromatic heterocycles. The molecule has 0 radical (unpaired) electrons. The van der Waals surface area contributed by atoms with Crippen molar-refractivity contribution < 1.29 is 9.53 Å². The first kappa shape index (κ1) is 12.9. The Labute approximate surface area is 115 Å². The number of aromatic amines is 1. The normalized spacial score (nSPS) is 22.9. The minimum Gasteiger partial charge on any atom is -0.469 e. The first-order chi connectivity index (χ1) is 9.72. The minimum atomic E-state index is -0.342. The van der Waals surface area contributed by atoms with E-state index in [-0.39, 0.29) is 23.6 Å². The third-order valence-corrected chi connectivity index (χ3v) is 3.91. The molecule has 0 saturated carbocycles. The van der Waals surface area contributed by atoms with E-state index in [1.807, 2.05) is 24.3 Å². The summed E-state index contributed by atoms with van der Waals surface area (Å²) in [5.74, 6) is -0.620. The van der Waals surface area contributed by atoms with E-state index in [0.29, 0.717) is 6.54 Å². The number of ether oxygens (including phenoxy) is 1. The Morgan fingerprint density at radius 2 is 2.20 bits per heavy atom. The topological polar surface area (TPSA) is 76.1 Å². The zero-order valence-electron chi connectivity index (χ0n) is 11.3. The van der Waals surface area contributed by atoms with Gasteiger partial charge < -0.3 is 15.0 Å². The maximum atomic E-state index is 12.2. The molecule has 0 unspecified atom stereocenters. The van der Waals surface area contributed by atoms with E-state index in [1.54, 1.807) is 4.57 Å². The number of piperidine rings is 1. The van der Waals surface area contributed by atoms with Gasteiger partial charge in [0, 0.05) is 6.54 Å². The summed E-state index contributed by atoms with van der Waals surface area (Å²) in [6, 6.07) is 7.35. The summed E-state index contributed by atoms with van der Waals surface area (Å²) in [5, 5.41) is 3.18. The van der Waals surface area contributed by atoms with Crippen molar-refractivity contribution in [2.24, 2.45) is 5.92 Å². The zero-order valence-corrected chi connectivity index (χ0v) is 11.3. The van der Waals surface area contributed by atoms with Crippen LogP contribution in [0.15, 0.2) is 29.1 Å². The van der Waals surface area contributed by atoms with Crippen molar-refractivity contribution in [1.29, 1.82) is 0 Å². The number of imidazole rings is 1. The van der Waals surface area contributed by atoms with Gasteiger partial charge in [-0.15, -0.1) is 0 Å². The molecule has 2 atom stereocenters.